The molecule has 0 spiro atoms. The molecule has 3 aromatic carbocycles. The third-order valence-electron chi connectivity index (χ3n) is 6.91. The van der Waals surface area contributed by atoms with E-state index < -0.39 is 11.6 Å². The molecule has 1 saturated carbocycles. The van der Waals surface area contributed by atoms with Gasteiger partial charge in [-0.1, -0.05) is 42.5 Å². The molecule has 37 heavy (non-hydrogen) atoms. The summed E-state index contributed by atoms with van der Waals surface area (Å²) in [7, 11) is 0. The zero-order valence-corrected chi connectivity index (χ0v) is 21.2. The van der Waals surface area contributed by atoms with E-state index in [1.807, 2.05) is 13.0 Å². The second-order valence-electron chi connectivity index (χ2n) is 9.37. The van der Waals surface area contributed by atoms with Crippen molar-refractivity contribution >= 4 is 6.08 Å². The van der Waals surface area contributed by atoms with Crippen molar-refractivity contribution in [2.45, 2.75) is 44.9 Å². The van der Waals surface area contributed by atoms with Gasteiger partial charge in [0.05, 0.1) is 13.2 Å². The summed E-state index contributed by atoms with van der Waals surface area (Å²) < 4.78 is 55.5. The SMILES string of the molecule is C=CCCOc1ccc(/C=C/C2CCC(c3ccc(-c4ccc(OCC)cc4)c(F)c3F)CC2)c(F)c1. The lowest BCUT2D eigenvalue weighted by molar-refractivity contribution is 0.323. The Bertz CT molecular complexity index is 1230. The molecular weight excluding hydrogens is 473 g/mol. The molecule has 5 heteroatoms. The first kappa shape index (κ1) is 26.6. The van der Waals surface area contributed by atoms with Crippen LogP contribution in [-0.4, -0.2) is 13.2 Å². The number of benzene rings is 3. The van der Waals surface area contributed by atoms with Crippen molar-refractivity contribution < 1.29 is 22.6 Å². The number of rotatable bonds is 10. The van der Waals surface area contributed by atoms with Gasteiger partial charge in [0, 0.05) is 17.2 Å². The highest BCUT2D eigenvalue weighted by molar-refractivity contribution is 5.65. The van der Waals surface area contributed by atoms with Crippen LogP contribution >= 0.6 is 0 Å². The highest BCUT2D eigenvalue weighted by Gasteiger charge is 2.26. The van der Waals surface area contributed by atoms with Gasteiger partial charge in [0.25, 0.3) is 0 Å². The molecule has 4 rings (SSSR count). The molecule has 0 heterocycles. The monoisotopic (exact) mass is 506 g/mol. The van der Waals surface area contributed by atoms with Crippen LogP contribution in [0.2, 0.25) is 0 Å². The molecule has 1 aliphatic carbocycles. The predicted molar refractivity (Wildman–Crippen MR) is 143 cm³/mol. The van der Waals surface area contributed by atoms with Crippen molar-refractivity contribution in [2.24, 2.45) is 5.92 Å². The van der Waals surface area contributed by atoms with E-state index in [0.717, 1.165) is 25.7 Å². The van der Waals surface area contributed by atoms with Gasteiger partial charge in [-0.25, -0.2) is 13.2 Å². The van der Waals surface area contributed by atoms with Crippen LogP contribution in [0.15, 0.2) is 73.3 Å². The van der Waals surface area contributed by atoms with Gasteiger partial charge >= 0.3 is 0 Å². The van der Waals surface area contributed by atoms with Crippen LogP contribution < -0.4 is 9.47 Å². The van der Waals surface area contributed by atoms with Crippen molar-refractivity contribution in [2.75, 3.05) is 13.2 Å². The summed E-state index contributed by atoms with van der Waals surface area (Å²) in [5, 5.41) is 0. The van der Waals surface area contributed by atoms with Crippen LogP contribution in [0.3, 0.4) is 0 Å². The van der Waals surface area contributed by atoms with Crippen molar-refractivity contribution in [3.05, 3.63) is 102 Å². The van der Waals surface area contributed by atoms with Gasteiger partial charge in [-0.15, -0.1) is 6.58 Å². The Hall–Kier alpha value is -3.47. The number of hydrogen-bond acceptors (Lipinski definition) is 2. The molecule has 0 aliphatic heterocycles. The third-order valence-corrected chi connectivity index (χ3v) is 6.91. The average molecular weight is 507 g/mol. The van der Waals surface area contributed by atoms with Crippen molar-refractivity contribution in [1.29, 1.82) is 0 Å². The lowest BCUT2D eigenvalue weighted by atomic mass is 9.78. The minimum absolute atomic E-state index is 0.0303. The predicted octanol–water partition coefficient (Wildman–Crippen LogP) is 9.11. The van der Waals surface area contributed by atoms with E-state index in [4.69, 9.17) is 9.47 Å². The van der Waals surface area contributed by atoms with Crippen LogP contribution in [-0.2, 0) is 0 Å². The molecule has 0 N–H and O–H groups in total. The Kier molecular flexibility index (Phi) is 9.10. The smallest absolute Gasteiger partial charge is 0.166 e. The normalized spacial score (nSPS) is 17.6. The topological polar surface area (TPSA) is 18.5 Å². The molecular formula is C32H33F3O2. The Morgan fingerprint density at radius 2 is 1.59 bits per heavy atom. The summed E-state index contributed by atoms with van der Waals surface area (Å²) in [6.45, 7) is 6.55. The molecule has 0 unspecified atom stereocenters. The Labute approximate surface area is 217 Å². The highest BCUT2D eigenvalue weighted by Crippen LogP contribution is 2.39. The minimum atomic E-state index is -0.809. The number of ether oxygens (including phenoxy) is 2. The Morgan fingerprint density at radius 3 is 2.27 bits per heavy atom. The van der Waals surface area contributed by atoms with E-state index in [1.54, 1.807) is 60.7 Å². The maximum Gasteiger partial charge on any atom is 0.166 e. The van der Waals surface area contributed by atoms with E-state index >= 15 is 8.78 Å². The van der Waals surface area contributed by atoms with Crippen LogP contribution in [0.5, 0.6) is 11.5 Å². The van der Waals surface area contributed by atoms with Gasteiger partial charge in [-0.2, -0.15) is 0 Å². The van der Waals surface area contributed by atoms with Crippen LogP contribution in [0, 0.1) is 23.4 Å². The second-order valence-corrected chi connectivity index (χ2v) is 9.37. The fourth-order valence-electron chi connectivity index (χ4n) is 4.86. The van der Waals surface area contributed by atoms with Gasteiger partial charge in [-0.3, -0.25) is 0 Å². The van der Waals surface area contributed by atoms with E-state index in [-0.39, 0.29) is 23.2 Å². The lowest BCUT2D eigenvalue weighted by Gasteiger charge is -2.27. The highest BCUT2D eigenvalue weighted by atomic mass is 19.2. The first-order valence-electron chi connectivity index (χ1n) is 12.9. The van der Waals surface area contributed by atoms with Crippen molar-refractivity contribution in [1.82, 2.24) is 0 Å². The standard InChI is InChI=1S/C32H33F3O2/c1-3-5-20-37-27-17-14-25(30(33)21-27)11-8-22-6-9-23(10-7-22)28-18-19-29(32(35)31(28)34)24-12-15-26(16-13-24)36-4-2/h3,8,11-19,21-23H,1,4-7,9-10,20H2,2H3/b11-8+. The van der Waals surface area contributed by atoms with Crippen LogP contribution in [0.4, 0.5) is 13.2 Å². The van der Waals surface area contributed by atoms with Crippen molar-refractivity contribution in [3.63, 3.8) is 0 Å². The number of allylic oxidation sites excluding steroid dienone is 1. The molecule has 3 aromatic rings. The van der Waals surface area contributed by atoms with Gasteiger partial charge in [0.15, 0.2) is 11.6 Å². The fourth-order valence-corrected chi connectivity index (χ4v) is 4.86. The quantitative estimate of drug-likeness (QED) is 0.202. The lowest BCUT2D eigenvalue weighted by Crippen LogP contribution is -2.13. The molecule has 2 nitrogen and oxygen atoms in total. The number of hydrogen-bond donors (Lipinski definition) is 0. The summed E-state index contributed by atoms with van der Waals surface area (Å²) in [6.07, 6.45) is 9.48. The zero-order chi connectivity index (χ0) is 26.2. The fraction of sp³-hybridized carbons (Fsp3) is 0.312. The summed E-state index contributed by atoms with van der Waals surface area (Å²) in [5.41, 5.74) is 1.81. The number of halogens is 3. The minimum Gasteiger partial charge on any atom is -0.494 e. The Morgan fingerprint density at radius 1 is 0.865 bits per heavy atom. The molecule has 0 bridgehead atoms. The summed E-state index contributed by atoms with van der Waals surface area (Å²) >= 11 is 0. The van der Waals surface area contributed by atoms with Gasteiger partial charge < -0.3 is 9.47 Å². The molecule has 0 radical (unpaired) electrons. The molecule has 194 valence electrons. The first-order chi connectivity index (χ1) is 18.0. The van der Waals surface area contributed by atoms with Crippen LogP contribution in [0.25, 0.3) is 17.2 Å². The molecule has 1 aliphatic rings. The van der Waals surface area contributed by atoms with Crippen molar-refractivity contribution in [3.8, 4) is 22.6 Å². The largest absolute Gasteiger partial charge is 0.494 e. The average Bonchev–Trinajstić information content (AvgIpc) is 2.91. The zero-order valence-electron chi connectivity index (χ0n) is 21.2. The summed E-state index contributed by atoms with van der Waals surface area (Å²) in [5.74, 6) is -0.458. The van der Waals surface area contributed by atoms with E-state index in [9.17, 15) is 4.39 Å². The van der Waals surface area contributed by atoms with E-state index in [0.29, 0.717) is 47.8 Å². The molecule has 1 fully saturated rings. The van der Waals surface area contributed by atoms with Gasteiger partial charge in [-0.05, 0) is 86.3 Å². The van der Waals surface area contributed by atoms with E-state index in [1.165, 1.54) is 6.07 Å². The maximum absolute atomic E-state index is 15.1. The first-order valence-corrected chi connectivity index (χ1v) is 12.9. The Balaban J connectivity index is 1.37. The van der Waals surface area contributed by atoms with Gasteiger partial charge in [0.2, 0.25) is 0 Å². The molecule has 0 amide bonds. The van der Waals surface area contributed by atoms with Crippen LogP contribution in [0.1, 0.15) is 56.1 Å². The molecule has 0 saturated heterocycles. The molecule has 0 atom stereocenters. The summed E-state index contributed by atoms with van der Waals surface area (Å²) in [6, 6.07) is 15.3. The van der Waals surface area contributed by atoms with Gasteiger partial charge in [0.1, 0.15) is 17.3 Å². The summed E-state index contributed by atoms with van der Waals surface area (Å²) in [4.78, 5) is 0. The third kappa shape index (κ3) is 6.65. The maximum atomic E-state index is 15.1. The molecule has 0 aromatic heterocycles. The second kappa shape index (κ2) is 12.7. The van der Waals surface area contributed by atoms with E-state index in [2.05, 4.69) is 6.58 Å².